The predicted molar refractivity (Wildman–Crippen MR) is 394 cm³/mol. The molecule has 31 nitrogen and oxygen atoms in total. The van der Waals surface area contributed by atoms with Gasteiger partial charge in [0.05, 0.1) is 39.0 Å². The van der Waals surface area contributed by atoms with E-state index in [2.05, 4.69) is 47.6 Å². The van der Waals surface area contributed by atoms with Crippen LogP contribution in [-0.4, -0.2) is 206 Å². The van der Waals surface area contributed by atoms with Gasteiger partial charge in [0.25, 0.3) is 5.91 Å². The van der Waals surface area contributed by atoms with Crippen LogP contribution in [0.2, 0.25) is 0 Å². The van der Waals surface area contributed by atoms with Gasteiger partial charge in [0.1, 0.15) is 99.3 Å². The summed E-state index contributed by atoms with van der Waals surface area (Å²) < 4.78 is 114. The van der Waals surface area contributed by atoms with E-state index in [4.69, 9.17) is 39.1 Å². The van der Waals surface area contributed by atoms with Gasteiger partial charge < -0.3 is 89.1 Å². The summed E-state index contributed by atoms with van der Waals surface area (Å²) in [5.41, 5.74) is 14.3. The molecule has 2 saturated heterocycles. The van der Waals surface area contributed by atoms with E-state index in [0.29, 0.717) is 109 Å². The van der Waals surface area contributed by atoms with Crippen molar-refractivity contribution in [1.82, 2.24) is 45.5 Å². The summed E-state index contributed by atoms with van der Waals surface area (Å²) in [7, 11) is -5.08. The number of anilines is 2. The maximum Gasteiger partial charge on any atom is 0.252 e. The first-order valence-electron chi connectivity index (χ1n) is 35.9. The number of nitrogens with two attached hydrogens (primary N) is 1. The summed E-state index contributed by atoms with van der Waals surface area (Å²) >= 11 is 0. The number of aryl methyl sites for hydroxylation is 3. The number of benzene rings is 4. The summed E-state index contributed by atoms with van der Waals surface area (Å²) in [4.78, 5) is 51.4. The Balaban J connectivity index is 0.738. The third-order valence-corrected chi connectivity index (χ3v) is 22.2. The topological polar surface area (TPSA) is 432 Å². The molecule has 7 heterocycles. The van der Waals surface area contributed by atoms with Crippen LogP contribution < -0.4 is 31.3 Å². The molecule has 0 spiro atoms. The number of rotatable bonds is 31. The Morgan fingerprint density at radius 1 is 0.824 bits per heavy atom. The Morgan fingerprint density at radius 3 is 2.26 bits per heavy atom. The number of fused-ring (bicyclic) bond motifs is 5. The van der Waals surface area contributed by atoms with Crippen molar-refractivity contribution >= 4 is 82.8 Å². The lowest BCUT2D eigenvalue weighted by Crippen LogP contribution is -2.68. The smallest absolute Gasteiger partial charge is 0.252 e. The van der Waals surface area contributed by atoms with Crippen molar-refractivity contribution < 1.29 is 93.7 Å². The highest BCUT2D eigenvalue weighted by Gasteiger charge is 2.54. The van der Waals surface area contributed by atoms with Crippen LogP contribution in [-0.2, 0) is 102 Å². The monoisotopic (exact) mass is 1530 g/mol. The number of allylic oxidation sites excluding steroid dienone is 4. The first-order chi connectivity index (χ1) is 51.3. The van der Waals surface area contributed by atoms with Crippen LogP contribution >= 0.6 is 0 Å². The number of unbranched alkanes of at least 4 members (excludes halogenated alkanes) is 3. The van der Waals surface area contributed by atoms with Gasteiger partial charge in [0.15, 0.2) is 30.2 Å². The van der Waals surface area contributed by atoms with Crippen LogP contribution in [0.15, 0.2) is 113 Å². The molecule has 0 saturated carbocycles. The highest BCUT2D eigenvalue weighted by molar-refractivity contribution is 7.86. The number of nitrogens with one attached hydrogen (secondary N) is 3. The minimum Gasteiger partial charge on any atom is -0.744 e. The molecule has 0 radical (unpaired) electrons. The normalized spacial score (nSPS) is 23.0. The van der Waals surface area contributed by atoms with Gasteiger partial charge in [-0.25, -0.2) is 26.8 Å². The fourth-order valence-corrected chi connectivity index (χ4v) is 16.0. The van der Waals surface area contributed by atoms with E-state index in [0.717, 1.165) is 57.9 Å². The van der Waals surface area contributed by atoms with E-state index in [1.54, 1.807) is 23.0 Å². The van der Waals surface area contributed by atoms with E-state index in [1.165, 1.54) is 45.4 Å². The number of hydrogen-bond donors (Lipinski definition) is 8. The van der Waals surface area contributed by atoms with Crippen LogP contribution in [0.3, 0.4) is 0 Å². The fraction of sp³-hybridized carbons (Fsp3) is 0.493. The molecule has 4 aliphatic heterocycles. The summed E-state index contributed by atoms with van der Waals surface area (Å²) in [5.74, 6) is 0.0325. The number of ether oxygens (including phenoxy) is 6. The van der Waals surface area contributed by atoms with Crippen LogP contribution in [0.4, 0.5) is 17.2 Å². The number of amides is 3. The number of aromatic nitrogens is 6. The maximum absolute atomic E-state index is 14.6. The third kappa shape index (κ3) is 17.0. The van der Waals surface area contributed by atoms with Gasteiger partial charge in [0.2, 0.25) is 17.5 Å². The molecule has 10 unspecified atom stereocenters. The second kappa shape index (κ2) is 33.3. The second-order valence-electron chi connectivity index (χ2n) is 28.7. The number of nitrogen functional groups attached to an aromatic ring is 1. The molecule has 2 fully saturated rings. The van der Waals surface area contributed by atoms with Crippen molar-refractivity contribution in [2.24, 2.45) is 0 Å². The van der Waals surface area contributed by atoms with Gasteiger partial charge in [-0.05, 0) is 112 Å². The molecule has 582 valence electrons. The zero-order valence-electron chi connectivity index (χ0n) is 62.0. The van der Waals surface area contributed by atoms with E-state index in [-0.39, 0.29) is 35.3 Å². The molecule has 3 aromatic heterocycles. The van der Waals surface area contributed by atoms with Crippen molar-refractivity contribution in [3.63, 3.8) is 0 Å². The molecule has 4 aromatic carbocycles. The van der Waals surface area contributed by atoms with Crippen LogP contribution in [0, 0.1) is 6.92 Å². The molecule has 11 rings (SSSR count). The third-order valence-electron chi connectivity index (χ3n) is 20.5. The zero-order valence-corrected chi connectivity index (χ0v) is 63.6. The number of aliphatic hydroxyl groups is 4. The van der Waals surface area contributed by atoms with Gasteiger partial charge >= 0.3 is 0 Å². The second-order valence-corrected chi connectivity index (χ2v) is 31.5. The van der Waals surface area contributed by atoms with Crippen LogP contribution in [0.25, 0.3) is 21.9 Å². The van der Waals surface area contributed by atoms with E-state index in [9.17, 15) is 60.8 Å². The molecule has 9 N–H and O–H groups in total. The first-order valence-corrected chi connectivity index (χ1v) is 38.8. The largest absolute Gasteiger partial charge is 0.744 e. The Hall–Kier alpha value is -8.68. The first kappa shape index (κ1) is 80.3. The van der Waals surface area contributed by atoms with E-state index >= 15 is 0 Å². The lowest BCUT2D eigenvalue weighted by atomic mass is 9.81. The number of imidazole rings is 1. The minimum atomic E-state index is -4.76. The van der Waals surface area contributed by atoms with Gasteiger partial charge in [-0.2, -0.15) is 4.58 Å². The SMILES string of the molecule is CCCCc1nc2c(N)nc3ccccc3c2n1Cc1cc(C)c(OCc2cn(CCCNC(=O)CCCCCN3/C(=C/C=C/C4=[N+](C)c5ccc(S(=O)(=O)[O-])cc5C4(C)C)C(C)(C)c4cc(S(=O)(=O)[O-])ccc43)nn2)c(CNC(=O)C2OC(OC3C(O)C(CO)OC(OC)C3NC(C)=O)C(O)C(O)C2OC)c1. The molecule has 108 heavy (non-hydrogen) atoms. The molecule has 0 bridgehead atoms. The van der Waals surface area contributed by atoms with Crippen molar-refractivity contribution in [3.8, 4) is 5.75 Å². The number of carbonyl (C=O) groups excluding carboxylic acids is 3. The Kier molecular flexibility index (Phi) is 24.7. The molecule has 10 atom stereocenters. The van der Waals surface area contributed by atoms with Crippen molar-refractivity contribution in [2.45, 2.75) is 208 Å². The number of para-hydroxylation sites is 1. The molecular weight excluding hydrogens is 1440 g/mol. The van der Waals surface area contributed by atoms with Crippen LogP contribution in [0.5, 0.6) is 5.75 Å². The summed E-state index contributed by atoms with van der Waals surface area (Å²) in [6.07, 6.45) is -1.52. The number of aliphatic hydroxyl groups excluding tert-OH is 4. The highest BCUT2D eigenvalue weighted by Crippen LogP contribution is 2.49. The van der Waals surface area contributed by atoms with Gasteiger partial charge in [0, 0.05) is 112 Å². The highest BCUT2D eigenvalue weighted by atomic mass is 32.2. The van der Waals surface area contributed by atoms with Gasteiger partial charge in [-0.1, -0.05) is 69.2 Å². The Labute approximate surface area is 626 Å². The summed E-state index contributed by atoms with van der Waals surface area (Å²) in [5, 5.41) is 62.5. The number of methoxy groups -OCH3 is 2. The molecule has 3 amide bonds. The average molecular weight is 1530 g/mol. The van der Waals surface area contributed by atoms with E-state index in [1.807, 2.05) is 101 Å². The Morgan fingerprint density at radius 2 is 1.56 bits per heavy atom. The number of hydrogen-bond acceptors (Lipinski definition) is 25. The van der Waals surface area contributed by atoms with Crippen molar-refractivity contribution in [2.75, 3.05) is 51.6 Å². The number of carbonyl (C=O) groups is 3. The number of pyridine rings is 1. The van der Waals surface area contributed by atoms with Crippen molar-refractivity contribution in [1.29, 1.82) is 0 Å². The Bertz CT molecular complexity index is 4850. The fourth-order valence-electron chi connectivity index (χ4n) is 15.0. The zero-order chi connectivity index (χ0) is 77.9. The number of nitrogens with zero attached hydrogens (tertiary/aromatic N) is 8. The van der Waals surface area contributed by atoms with Crippen molar-refractivity contribution in [3.05, 3.63) is 142 Å². The summed E-state index contributed by atoms with van der Waals surface area (Å²) in [6.45, 7) is 13.7. The van der Waals surface area contributed by atoms with Gasteiger partial charge in [-0.3, -0.25) is 19.1 Å². The lowest BCUT2D eigenvalue weighted by Gasteiger charge is -2.47. The maximum atomic E-state index is 14.6. The average Bonchev–Trinajstić information content (AvgIpc) is 1.58. The molecule has 33 heteroatoms. The lowest BCUT2D eigenvalue weighted by molar-refractivity contribution is -0.401. The standard InChI is InChI=1S/C75H96N12O19S2/c1-11-12-24-58-81-60-62(49-20-15-16-21-52(49)80-70(60)76)87(58)38-44-33-42(2)66(45(34-44)37-78-71(94)69-68(101-9)64(92)65(93)73(106-69)105-67-61(79-43(3)89)72(102-10)104-55(40-88)63(67)91)103-41-46-39-85(83-82-46)31-19-30-77-59(90)25-14-13-17-32-86-54-29-27-48(108(98,99)100)36-51(54)75(6,7)57(86)23-18-22-56-74(4,5)50-35-47(107(95,96)97)26-28-53(50)84(56)8/h15-16,18,20-23,26-29,33-36,39,55,61,63-65,67-69,72-73,88,91-93H,11-14,17,19,24-25,30-32,37-38,40-41H2,1-10H3,(H6-,76,77,78,79,80,89,90,94,95,96,97,98,99,100)/p-1. The molecular formula is C75H95N12O19S2-. The molecule has 4 aliphatic rings. The summed E-state index contributed by atoms with van der Waals surface area (Å²) in [6, 6.07) is 19.1. The molecule has 7 aromatic rings. The minimum absolute atomic E-state index is 0.0531. The van der Waals surface area contributed by atoms with Crippen LogP contribution in [0.1, 0.15) is 126 Å². The van der Waals surface area contributed by atoms with E-state index < -0.39 is 111 Å². The molecule has 0 aliphatic carbocycles. The quantitative estimate of drug-likeness (QED) is 0.0168. The predicted octanol–water partition coefficient (Wildman–Crippen LogP) is 4.55. The van der Waals surface area contributed by atoms with Gasteiger partial charge in [-0.15, -0.1) is 5.10 Å².